The van der Waals surface area contributed by atoms with Crippen LogP contribution in [-0.2, 0) is 15.4 Å². The van der Waals surface area contributed by atoms with E-state index >= 15 is 0 Å². The van der Waals surface area contributed by atoms with Gasteiger partial charge in [0.05, 0.1) is 12.3 Å². The summed E-state index contributed by atoms with van der Waals surface area (Å²) in [5.74, 6) is 0.878. The smallest absolute Gasteiger partial charge is 0.211 e. The Hall–Kier alpha value is -0.390. The van der Waals surface area contributed by atoms with Gasteiger partial charge in [-0.3, -0.25) is 4.99 Å². The monoisotopic (exact) mass is 502 g/mol. The summed E-state index contributed by atoms with van der Waals surface area (Å²) in [6.07, 6.45) is 0.706. The number of thiophene rings is 1. The Labute approximate surface area is 173 Å². The van der Waals surface area contributed by atoms with Crippen LogP contribution in [0.4, 0.5) is 0 Å². The number of guanidine groups is 1. The molecule has 0 saturated carbocycles. The van der Waals surface area contributed by atoms with Crippen LogP contribution in [0.25, 0.3) is 0 Å². The van der Waals surface area contributed by atoms with Crippen LogP contribution >= 0.6 is 35.3 Å². The summed E-state index contributed by atoms with van der Waals surface area (Å²) in [6, 6.07) is 4.20. The van der Waals surface area contributed by atoms with Gasteiger partial charge in [0, 0.05) is 29.9 Å². The summed E-state index contributed by atoms with van der Waals surface area (Å²) in [5.41, 5.74) is -0.00667. The van der Waals surface area contributed by atoms with Crippen molar-refractivity contribution in [2.75, 3.05) is 31.9 Å². The molecular weight excluding hydrogens is 471 g/mol. The predicted molar refractivity (Wildman–Crippen MR) is 119 cm³/mol. The standard InChI is InChI=1S/C16H30N4O2S2.HI/c1-5-17-15(18-10-8-11-20-24(21,22)6-2)19-13-16(3,4)14-9-7-12-23-14;/h7,9,12,20H,5-6,8,10-11,13H2,1-4H3,(H2,17,18,19);1H. The number of sulfonamides is 1. The summed E-state index contributed by atoms with van der Waals surface area (Å²) in [6.45, 7) is 10.6. The van der Waals surface area contributed by atoms with Gasteiger partial charge in [-0.15, -0.1) is 35.3 Å². The maximum absolute atomic E-state index is 11.4. The van der Waals surface area contributed by atoms with Gasteiger partial charge in [0.2, 0.25) is 10.0 Å². The topological polar surface area (TPSA) is 82.6 Å². The third kappa shape index (κ3) is 9.76. The second-order valence-electron chi connectivity index (χ2n) is 6.13. The Bertz CT molecular complexity index is 602. The Morgan fingerprint density at radius 3 is 2.52 bits per heavy atom. The lowest BCUT2D eigenvalue weighted by Gasteiger charge is -2.21. The molecule has 0 unspecified atom stereocenters. The van der Waals surface area contributed by atoms with Crippen molar-refractivity contribution >= 4 is 51.3 Å². The van der Waals surface area contributed by atoms with E-state index in [2.05, 4.69) is 51.7 Å². The molecule has 6 nitrogen and oxygen atoms in total. The molecule has 1 aromatic heterocycles. The van der Waals surface area contributed by atoms with Crippen LogP contribution in [0.15, 0.2) is 22.5 Å². The van der Waals surface area contributed by atoms with Crippen molar-refractivity contribution < 1.29 is 8.42 Å². The maximum atomic E-state index is 11.4. The molecule has 3 N–H and O–H groups in total. The highest BCUT2D eigenvalue weighted by atomic mass is 127. The number of aliphatic imine (C=N–C) groups is 1. The lowest BCUT2D eigenvalue weighted by molar-refractivity contribution is 0.548. The quantitative estimate of drug-likeness (QED) is 0.199. The molecular formula is C16H31IN4O2S2. The van der Waals surface area contributed by atoms with E-state index in [1.54, 1.807) is 18.3 Å². The van der Waals surface area contributed by atoms with Crippen LogP contribution < -0.4 is 15.4 Å². The number of nitrogens with zero attached hydrogens (tertiary/aromatic N) is 1. The molecule has 0 atom stereocenters. The molecule has 1 heterocycles. The molecule has 1 rings (SSSR count). The van der Waals surface area contributed by atoms with Gasteiger partial charge in [-0.1, -0.05) is 19.9 Å². The van der Waals surface area contributed by atoms with Gasteiger partial charge in [-0.2, -0.15) is 0 Å². The maximum Gasteiger partial charge on any atom is 0.211 e. The SMILES string of the molecule is CCNC(=NCC(C)(C)c1cccs1)NCCCNS(=O)(=O)CC.I. The molecule has 9 heteroatoms. The molecule has 0 amide bonds. The molecule has 0 aliphatic heterocycles. The van der Waals surface area contributed by atoms with Gasteiger partial charge in [-0.05, 0) is 31.7 Å². The van der Waals surface area contributed by atoms with E-state index in [0.717, 1.165) is 12.5 Å². The van der Waals surface area contributed by atoms with Crippen molar-refractivity contribution in [3.8, 4) is 0 Å². The van der Waals surface area contributed by atoms with Gasteiger partial charge >= 0.3 is 0 Å². The lowest BCUT2D eigenvalue weighted by atomic mass is 9.92. The number of rotatable bonds is 10. The highest BCUT2D eigenvalue weighted by molar-refractivity contribution is 14.0. The zero-order chi connectivity index (χ0) is 18.1. The highest BCUT2D eigenvalue weighted by Crippen LogP contribution is 2.27. The summed E-state index contributed by atoms with van der Waals surface area (Å²) < 4.78 is 25.3. The predicted octanol–water partition coefficient (Wildman–Crippen LogP) is 2.53. The van der Waals surface area contributed by atoms with Crippen molar-refractivity contribution in [2.45, 2.75) is 39.5 Å². The molecule has 0 spiro atoms. The van der Waals surface area contributed by atoms with Crippen LogP contribution in [-0.4, -0.2) is 46.3 Å². The van der Waals surface area contributed by atoms with Crippen LogP contribution in [0.3, 0.4) is 0 Å². The number of nitrogens with one attached hydrogen (secondary N) is 3. The Morgan fingerprint density at radius 2 is 1.96 bits per heavy atom. The number of hydrogen-bond donors (Lipinski definition) is 3. The Morgan fingerprint density at radius 1 is 1.24 bits per heavy atom. The third-order valence-corrected chi connectivity index (χ3v) is 6.15. The fourth-order valence-corrected chi connectivity index (χ4v) is 3.49. The highest BCUT2D eigenvalue weighted by Gasteiger charge is 2.21. The van der Waals surface area contributed by atoms with E-state index < -0.39 is 10.0 Å². The van der Waals surface area contributed by atoms with Crippen LogP contribution in [0.2, 0.25) is 0 Å². The van der Waals surface area contributed by atoms with Gasteiger partial charge in [0.15, 0.2) is 5.96 Å². The fraction of sp³-hybridized carbons (Fsp3) is 0.688. The summed E-state index contributed by atoms with van der Waals surface area (Å²) in [5, 5.41) is 8.56. The first kappa shape index (κ1) is 24.6. The van der Waals surface area contributed by atoms with Gasteiger partial charge in [-0.25, -0.2) is 13.1 Å². The van der Waals surface area contributed by atoms with Crippen molar-refractivity contribution in [2.24, 2.45) is 4.99 Å². The molecule has 0 aliphatic rings. The van der Waals surface area contributed by atoms with E-state index in [-0.39, 0.29) is 35.1 Å². The molecule has 0 bridgehead atoms. The zero-order valence-corrected chi connectivity index (χ0v) is 19.4. The summed E-state index contributed by atoms with van der Waals surface area (Å²) in [4.78, 5) is 5.98. The Kier molecular flexibility index (Phi) is 11.9. The average Bonchev–Trinajstić information content (AvgIpc) is 3.07. The van der Waals surface area contributed by atoms with E-state index in [9.17, 15) is 8.42 Å². The molecule has 0 radical (unpaired) electrons. The van der Waals surface area contributed by atoms with E-state index in [1.165, 1.54) is 4.88 Å². The largest absolute Gasteiger partial charge is 0.357 e. The van der Waals surface area contributed by atoms with E-state index in [1.807, 2.05) is 6.92 Å². The zero-order valence-electron chi connectivity index (χ0n) is 15.5. The first-order chi connectivity index (χ1) is 11.3. The average molecular weight is 502 g/mol. The minimum absolute atomic E-state index is 0. The molecule has 0 aliphatic carbocycles. The fourth-order valence-electron chi connectivity index (χ4n) is 1.98. The lowest BCUT2D eigenvalue weighted by Crippen LogP contribution is -2.39. The first-order valence-corrected chi connectivity index (χ1v) is 10.9. The van der Waals surface area contributed by atoms with Gasteiger partial charge < -0.3 is 10.6 Å². The number of hydrogen-bond acceptors (Lipinski definition) is 4. The second-order valence-corrected chi connectivity index (χ2v) is 9.18. The van der Waals surface area contributed by atoms with Crippen molar-refractivity contribution in [3.05, 3.63) is 22.4 Å². The minimum atomic E-state index is -3.11. The van der Waals surface area contributed by atoms with E-state index in [0.29, 0.717) is 26.1 Å². The van der Waals surface area contributed by atoms with Crippen LogP contribution in [0.1, 0.15) is 39.0 Å². The third-order valence-electron chi connectivity index (χ3n) is 3.51. The molecule has 0 fully saturated rings. The van der Waals surface area contributed by atoms with Crippen LogP contribution in [0, 0.1) is 0 Å². The van der Waals surface area contributed by atoms with Gasteiger partial charge in [0.25, 0.3) is 0 Å². The molecule has 1 aromatic rings. The first-order valence-electron chi connectivity index (χ1n) is 8.34. The van der Waals surface area contributed by atoms with E-state index in [4.69, 9.17) is 0 Å². The summed E-state index contributed by atoms with van der Waals surface area (Å²) >= 11 is 1.75. The van der Waals surface area contributed by atoms with Gasteiger partial charge in [0.1, 0.15) is 0 Å². The van der Waals surface area contributed by atoms with Crippen LogP contribution in [0.5, 0.6) is 0 Å². The number of halogens is 1. The Balaban J connectivity index is 0.00000576. The molecule has 0 saturated heterocycles. The molecule has 146 valence electrons. The molecule has 0 aromatic carbocycles. The van der Waals surface area contributed by atoms with Crippen molar-refractivity contribution in [1.29, 1.82) is 0 Å². The van der Waals surface area contributed by atoms with Crippen molar-refractivity contribution in [3.63, 3.8) is 0 Å². The summed E-state index contributed by atoms with van der Waals surface area (Å²) in [7, 11) is -3.11. The molecule has 25 heavy (non-hydrogen) atoms. The van der Waals surface area contributed by atoms with Crippen molar-refractivity contribution in [1.82, 2.24) is 15.4 Å². The normalized spacial score (nSPS) is 12.6. The minimum Gasteiger partial charge on any atom is -0.357 e. The second kappa shape index (κ2) is 12.1.